The van der Waals surface area contributed by atoms with Crippen molar-refractivity contribution >= 4 is 41.5 Å². The maximum Gasteiger partial charge on any atom is 0.253 e. The summed E-state index contributed by atoms with van der Waals surface area (Å²) in [5.74, 6) is -0.323. The molecule has 0 radical (unpaired) electrons. The molecule has 1 aliphatic rings. The molecule has 0 aliphatic carbocycles. The van der Waals surface area contributed by atoms with E-state index in [2.05, 4.69) is 16.0 Å². The topological polar surface area (TPSA) is 70.2 Å². The molecular formula is C14H19Cl2N3O2. The quantitative estimate of drug-likeness (QED) is 0.794. The Bertz CT molecular complexity index is 517. The lowest BCUT2D eigenvalue weighted by molar-refractivity contribution is -0.120. The highest BCUT2D eigenvalue weighted by Crippen LogP contribution is 2.22. The second-order valence-corrected chi connectivity index (χ2v) is 5.22. The van der Waals surface area contributed by atoms with Gasteiger partial charge in [-0.3, -0.25) is 9.59 Å². The van der Waals surface area contributed by atoms with Gasteiger partial charge in [-0.05, 0) is 44.1 Å². The molecule has 0 bridgehead atoms. The number of hydrogen-bond donors (Lipinski definition) is 3. The summed E-state index contributed by atoms with van der Waals surface area (Å²) in [6.45, 7) is 1.70. The van der Waals surface area contributed by atoms with Gasteiger partial charge in [0, 0.05) is 18.0 Å². The van der Waals surface area contributed by atoms with Gasteiger partial charge in [0.1, 0.15) is 0 Å². The van der Waals surface area contributed by atoms with Crippen molar-refractivity contribution in [1.29, 1.82) is 0 Å². The van der Waals surface area contributed by atoms with Crippen LogP contribution in [-0.4, -0.2) is 32.0 Å². The average molecular weight is 332 g/mol. The fourth-order valence-electron chi connectivity index (χ4n) is 2.27. The Balaban J connectivity index is 0.00000220. The molecule has 1 aromatic rings. The van der Waals surface area contributed by atoms with Gasteiger partial charge in [-0.25, -0.2) is 0 Å². The predicted molar refractivity (Wildman–Crippen MR) is 86.3 cm³/mol. The molecule has 116 valence electrons. The molecule has 0 unspecified atom stereocenters. The lowest BCUT2D eigenvalue weighted by atomic mass is 9.97. The molecule has 5 nitrogen and oxygen atoms in total. The number of halogens is 2. The molecule has 1 saturated heterocycles. The average Bonchev–Trinajstić information content (AvgIpc) is 2.49. The van der Waals surface area contributed by atoms with Gasteiger partial charge in [-0.1, -0.05) is 11.6 Å². The number of rotatable bonds is 3. The Morgan fingerprint density at radius 3 is 2.57 bits per heavy atom. The summed E-state index contributed by atoms with van der Waals surface area (Å²) < 4.78 is 0. The van der Waals surface area contributed by atoms with Gasteiger partial charge < -0.3 is 16.0 Å². The van der Waals surface area contributed by atoms with E-state index in [1.165, 1.54) is 0 Å². The number of benzene rings is 1. The van der Waals surface area contributed by atoms with Crippen LogP contribution in [0.2, 0.25) is 5.02 Å². The second-order valence-electron chi connectivity index (χ2n) is 4.78. The van der Waals surface area contributed by atoms with Crippen LogP contribution in [-0.2, 0) is 4.79 Å². The first-order valence-corrected chi connectivity index (χ1v) is 7.03. The molecule has 1 aromatic carbocycles. The van der Waals surface area contributed by atoms with E-state index in [1.807, 2.05) is 0 Å². The van der Waals surface area contributed by atoms with E-state index in [-0.39, 0.29) is 30.1 Å². The van der Waals surface area contributed by atoms with Crippen LogP contribution >= 0.6 is 24.0 Å². The van der Waals surface area contributed by atoms with E-state index < -0.39 is 0 Å². The van der Waals surface area contributed by atoms with Crippen molar-refractivity contribution in [1.82, 2.24) is 10.6 Å². The van der Waals surface area contributed by atoms with Gasteiger partial charge in [-0.15, -0.1) is 12.4 Å². The van der Waals surface area contributed by atoms with Crippen LogP contribution in [0.15, 0.2) is 18.2 Å². The molecule has 2 rings (SSSR count). The molecule has 1 fully saturated rings. The Kier molecular flexibility index (Phi) is 6.95. The number of nitrogens with one attached hydrogen (secondary N) is 3. The van der Waals surface area contributed by atoms with Crippen LogP contribution in [0.5, 0.6) is 0 Å². The van der Waals surface area contributed by atoms with Crippen LogP contribution in [0.25, 0.3) is 0 Å². The summed E-state index contributed by atoms with van der Waals surface area (Å²) >= 11 is 5.90. The van der Waals surface area contributed by atoms with Gasteiger partial charge in [0.15, 0.2) is 0 Å². The van der Waals surface area contributed by atoms with Crippen molar-refractivity contribution in [3.8, 4) is 0 Å². The highest BCUT2D eigenvalue weighted by Gasteiger charge is 2.22. The Morgan fingerprint density at radius 1 is 1.29 bits per heavy atom. The smallest absolute Gasteiger partial charge is 0.253 e. The van der Waals surface area contributed by atoms with Crippen LogP contribution in [0.1, 0.15) is 23.2 Å². The van der Waals surface area contributed by atoms with E-state index in [0.29, 0.717) is 16.3 Å². The maximum atomic E-state index is 12.2. The first-order valence-electron chi connectivity index (χ1n) is 6.65. The first kappa shape index (κ1) is 17.8. The van der Waals surface area contributed by atoms with E-state index in [4.69, 9.17) is 11.6 Å². The van der Waals surface area contributed by atoms with E-state index >= 15 is 0 Å². The molecule has 1 aliphatic heterocycles. The highest BCUT2D eigenvalue weighted by atomic mass is 35.5. The second kappa shape index (κ2) is 8.22. The lowest BCUT2D eigenvalue weighted by Crippen LogP contribution is -2.35. The number of carbonyl (C=O) groups excluding carboxylic acids is 2. The number of anilines is 1. The van der Waals surface area contributed by atoms with Crippen molar-refractivity contribution in [2.75, 3.05) is 25.5 Å². The molecule has 21 heavy (non-hydrogen) atoms. The molecular weight excluding hydrogens is 313 g/mol. The van der Waals surface area contributed by atoms with Crippen molar-refractivity contribution < 1.29 is 9.59 Å². The number of hydrogen-bond acceptors (Lipinski definition) is 3. The van der Waals surface area contributed by atoms with Crippen molar-refractivity contribution in [3.63, 3.8) is 0 Å². The third kappa shape index (κ3) is 4.59. The Morgan fingerprint density at radius 2 is 1.95 bits per heavy atom. The molecule has 7 heteroatoms. The first-order chi connectivity index (χ1) is 9.61. The molecule has 0 aromatic heterocycles. The number of amides is 2. The van der Waals surface area contributed by atoms with Gasteiger partial charge in [0.2, 0.25) is 5.91 Å². The third-order valence-corrected chi connectivity index (χ3v) is 3.66. The summed E-state index contributed by atoms with van der Waals surface area (Å²) in [7, 11) is 1.54. The SMILES string of the molecule is CNC(=O)c1cc(Cl)ccc1NC(=O)C1CCNCC1.Cl. The Labute approximate surface area is 135 Å². The number of carbonyl (C=O) groups is 2. The van der Waals surface area contributed by atoms with Crippen LogP contribution in [0.3, 0.4) is 0 Å². The molecule has 3 N–H and O–H groups in total. The normalized spacial score (nSPS) is 15.0. The minimum Gasteiger partial charge on any atom is -0.355 e. The van der Waals surface area contributed by atoms with Gasteiger partial charge >= 0.3 is 0 Å². The summed E-state index contributed by atoms with van der Waals surface area (Å²) in [5, 5.41) is 9.06. The molecule has 0 spiro atoms. The van der Waals surface area contributed by atoms with Crippen molar-refractivity contribution in [2.24, 2.45) is 5.92 Å². The van der Waals surface area contributed by atoms with Gasteiger partial charge in [0.05, 0.1) is 11.3 Å². The molecule has 0 atom stereocenters. The maximum absolute atomic E-state index is 12.2. The summed E-state index contributed by atoms with van der Waals surface area (Å²) in [6, 6.07) is 4.87. The summed E-state index contributed by atoms with van der Waals surface area (Å²) in [6.07, 6.45) is 1.63. The minimum absolute atomic E-state index is 0. The van der Waals surface area contributed by atoms with Crippen LogP contribution < -0.4 is 16.0 Å². The van der Waals surface area contributed by atoms with E-state index in [0.717, 1.165) is 25.9 Å². The van der Waals surface area contributed by atoms with E-state index in [9.17, 15) is 9.59 Å². The van der Waals surface area contributed by atoms with Crippen molar-refractivity contribution in [2.45, 2.75) is 12.8 Å². The fraction of sp³-hybridized carbons (Fsp3) is 0.429. The van der Waals surface area contributed by atoms with Crippen LogP contribution in [0.4, 0.5) is 5.69 Å². The predicted octanol–water partition coefficient (Wildman–Crippen LogP) is 2.06. The van der Waals surface area contributed by atoms with E-state index in [1.54, 1.807) is 25.2 Å². The zero-order chi connectivity index (χ0) is 14.5. The summed E-state index contributed by atoms with van der Waals surface area (Å²) in [4.78, 5) is 24.0. The standard InChI is InChI=1S/C14H18ClN3O2.ClH/c1-16-14(20)11-8-10(15)2-3-12(11)18-13(19)9-4-6-17-7-5-9;/h2-3,8-9,17H,4-7H2,1H3,(H,16,20)(H,18,19);1H. The third-order valence-electron chi connectivity index (χ3n) is 3.42. The Hall–Kier alpha value is -1.30. The molecule has 1 heterocycles. The van der Waals surface area contributed by atoms with Crippen LogP contribution in [0, 0.1) is 5.92 Å². The lowest BCUT2D eigenvalue weighted by Gasteiger charge is -2.22. The number of piperidine rings is 1. The zero-order valence-electron chi connectivity index (χ0n) is 11.7. The highest BCUT2D eigenvalue weighted by molar-refractivity contribution is 6.31. The zero-order valence-corrected chi connectivity index (χ0v) is 13.3. The monoisotopic (exact) mass is 331 g/mol. The van der Waals surface area contributed by atoms with Crippen molar-refractivity contribution in [3.05, 3.63) is 28.8 Å². The molecule has 2 amide bonds. The molecule has 0 saturated carbocycles. The fourth-order valence-corrected chi connectivity index (χ4v) is 2.44. The minimum atomic E-state index is -0.270. The largest absolute Gasteiger partial charge is 0.355 e. The van der Waals surface area contributed by atoms with Gasteiger partial charge in [0.25, 0.3) is 5.91 Å². The summed E-state index contributed by atoms with van der Waals surface area (Å²) in [5.41, 5.74) is 0.875. The van der Waals surface area contributed by atoms with Gasteiger partial charge in [-0.2, -0.15) is 0 Å².